The lowest BCUT2D eigenvalue weighted by Gasteiger charge is -2.26. The molecule has 154 valence electrons. The van der Waals surface area contributed by atoms with Gasteiger partial charge in [0.2, 0.25) is 0 Å². The maximum absolute atomic E-state index is 13.5. The first kappa shape index (κ1) is 19.3. The normalized spacial score (nSPS) is 14.7. The van der Waals surface area contributed by atoms with Crippen LogP contribution in [0.3, 0.4) is 0 Å². The third-order valence-corrected chi connectivity index (χ3v) is 6.95. The van der Waals surface area contributed by atoms with E-state index in [-0.39, 0.29) is 5.91 Å². The van der Waals surface area contributed by atoms with E-state index in [1.54, 1.807) is 11.3 Å². The second kappa shape index (κ2) is 8.20. The van der Waals surface area contributed by atoms with E-state index in [1.165, 1.54) is 23.7 Å². The molecule has 0 bridgehead atoms. The van der Waals surface area contributed by atoms with Crippen LogP contribution in [0.4, 0.5) is 0 Å². The summed E-state index contributed by atoms with van der Waals surface area (Å²) in [6.07, 6.45) is 2.53. The standard InChI is InChI=1S/C24H26N4OS/c1-26-20(14-18-6-2-3-7-22(18)26)16-28(13-12-27-10-4-5-11-27)24(29)19-8-9-21-23(15-19)30-17-25-21/h2-3,6-9,14-15,17H,4-5,10-13,16H2,1H3. The van der Waals surface area contributed by atoms with Gasteiger partial charge in [-0.15, -0.1) is 11.3 Å². The lowest BCUT2D eigenvalue weighted by molar-refractivity contribution is 0.0724. The van der Waals surface area contributed by atoms with Crippen molar-refractivity contribution in [2.75, 3.05) is 26.2 Å². The highest BCUT2D eigenvalue weighted by molar-refractivity contribution is 7.16. The van der Waals surface area contributed by atoms with Crippen molar-refractivity contribution in [3.05, 3.63) is 65.3 Å². The molecule has 0 aliphatic carbocycles. The largest absolute Gasteiger partial charge is 0.346 e. The first-order chi connectivity index (χ1) is 14.7. The third-order valence-electron chi connectivity index (χ3n) is 6.15. The number of hydrogen-bond acceptors (Lipinski definition) is 4. The summed E-state index contributed by atoms with van der Waals surface area (Å²) in [5.41, 5.74) is 5.88. The van der Waals surface area contributed by atoms with Crippen molar-refractivity contribution < 1.29 is 4.79 Å². The second-order valence-electron chi connectivity index (χ2n) is 8.06. The summed E-state index contributed by atoms with van der Waals surface area (Å²) in [5.74, 6) is 0.0924. The van der Waals surface area contributed by atoms with E-state index < -0.39 is 0 Å². The molecule has 1 amide bonds. The molecule has 1 fully saturated rings. The molecule has 3 heterocycles. The number of rotatable bonds is 6. The minimum Gasteiger partial charge on any atom is -0.346 e. The van der Waals surface area contributed by atoms with Gasteiger partial charge in [-0.2, -0.15) is 0 Å². The van der Waals surface area contributed by atoms with Gasteiger partial charge in [-0.1, -0.05) is 18.2 Å². The molecule has 1 saturated heterocycles. The van der Waals surface area contributed by atoms with E-state index in [1.807, 2.05) is 28.6 Å². The summed E-state index contributed by atoms with van der Waals surface area (Å²) in [6, 6.07) is 16.4. The van der Waals surface area contributed by atoms with Crippen LogP contribution in [0.15, 0.2) is 54.0 Å². The summed E-state index contributed by atoms with van der Waals surface area (Å²) in [7, 11) is 2.09. The van der Waals surface area contributed by atoms with Crippen LogP contribution in [0.5, 0.6) is 0 Å². The summed E-state index contributed by atoms with van der Waals surface area (Å²) >= 11 is 1.58. The molecule has 5 rings (SSSR count). The van der Waals surface area contributed by atoms with E-state index in [2.05, 4.69) is 51.8 Å². The number of thiazole rings is 1. The third kappa shape index (κ3) is 3.73. The van der Waals surface area contributed by atoms with E-state index >= 15 is 0 Å². The topological polar surface area (TPSA) is 41.4 Å². The van der Waals surface area contributed by atoms with Crippen molar-refractivity contribution in [3.63, 3.8) is 0 Å². The highest BCUT2D eigenvalue weighted by Crippen LogP contribution is 2.23. The van der Waals surface area contributed by atoms with Gasteiger partial charge in [0.05, 0.1) is 22.3 Å². The zero-order chi connectivity index (χ0) is 20.5. The lowest BCUT2D eigenvalue weighted by atomic mass is 10.1. The van der Waals surface area contributed by atoms with Gasteiger partial charge < -0.3 is 14.4 Å². The Labute approximate surface area is 180 Å². The van der Waals surface area contributed by atoms with Crippen LogP contribution in [0.25, 0.3) is 21.1 Å². The molecule has 0 atom stereocenters. The Kier molecular flexibility index (Phi) is 5.27. The molecule has 0 radical (unpaired) electrons. The number of para-hydroxylation sites is 1. The molecule has 1 aliphatic rings. The highest BCUT2D eigenvalue weighted by Gasteiger charge is 2.21. The van der Waals surface area contributed by atoms with Gasteiger partial charge in [-0.25, -0.2) is 4.98 Å². The quantitative estimate of drug-likeness (QED) is 0.462. The van der Waals surface area contributed by atoms with Crippen LogP contribution in [0.2, 0.25) is 0 Å². The van der Waals surface area contributed by atoms with Crippen molar-refractivity contribution >= 4 is 38.4 Å². The summed E-state index contributed by atoms with van der Waals surface area (Å²) in [6.45, 7) is 4.56. The van der Waals surface area contributed by atoms with Gasteiger partial charge in [-0.05, 0) is 61.6 Å². The van der Waals surface area contributed by atoms with Gasteiger partial charge in [0.15, 0.2) is 0 Å². The molecule has 1 aliphatic heterocycles. The number of carbonyl (C=O) groups excluding carboxylic acids is 1. The van der Waals surface area contributed by atoms with Crippen molar-refractivity contribution in [1.29, 1.82) is 0 Å². The molecule has 4 aromatic rings. The Morgan fingerprint density at radius 2 is 1.97 bits per heavy atom. The summed E-state index contributed by atoms with van der Waals surface area (Å²) in [5, 5.41) is 1.22. The molecule has 0 saturated carbocycles. The maximum atomic E-state index is 13.5. The van der Waals surface area contributed by atoms with Crippen molar-refractivity contribution in [1.82, 2.24) is 19.4 Å². The average Bonchev–Trinajstić information content (AvgIpc) is 3.51. The smallest absolute Gasteiger partial charge is 0.254 e. The monoisotopic (exact) mass is 418 g/mol. The predicted molar refractivity (Wildman–Crippen MR) is 123 cm³/mol. The minimum atomic E-state index is 0.0924. The first-order valence-electron chi connectivity index (χ1n) is 10.6. The Bertz CT molecular complexity index is 1190. The number of nitrogens with zero attached hydrogens (tertiary/aromatic N) is 4. The van der Waals surface area contributed by atoms with Crippen molar-refractivity contribution in [2.24, 2.45) is 7.05 Å². The number of carbonyl (C=O) groups is 1. The zero-order valence-corrected chi connectivity index (χ0v) is 18.1. The van der Waals surface area contributed by atoms with Crippen LogP contribution in [-0.4, -0.2) is 51.4 Å². The molecule has 30 heavy (non-hydrogen) atoms. The highest BCUT2D eigenvalue weighted by atomic mass is 32.1. The molecule has 0 N–H and O–H groups in total. The van der Waals surface area contributed by atoms with Gasteiger partial charge in [-0.3, -0.25) is 4.79 Å². The number of aryl methyl sites for hydroxylation is 1. The number of amides is 1. The fourth-order valence-corrected chi connectivity index (χ4v) is 5.10. The summed E-state index contributed by atoms with van der Waals surface area (Å²) < 4.78 is 3.27. The van der Waals surface area contributed by atoms with E-state index in [9.17, 15) is 4.79 Å². The van der Waals surface area contributed by atoms with Crippen molar-refractivity contribution in [2.45, 2.75) is 19.4 Å². The fraction of sp³-hybridized carbons (Fsp3) is 0.333. The van der Waals surface area contributed by atoms with E-state index in [0.717, 1.165) is 47.7 Å². The first-order valence-corrected chi connectivity index (χ1v) is 11.5. The zero-order valence-electron chi connectivity index (χ0n) is 17.3. The molecule has 0 spiro atoms. The Balaban J connectivity index is 1.43. The molecule has 6 heteroatoms. The minimum absolute atomic E-state index is 0.0924. The predicted octanol–water partition coefficient (Wildman–Crippen LogP) is 4.53. The number of hydrogen-bond donors (Lipinski definition) is 0. The van der Waals surface area contributed by atoms with Gasteiger partial charge >= 0.3 is 0 Å². The molecule has 5 nitrogen and oxygen atoms in total. The van der Waals surface area contributed by atoms with Gasteiger partial charge in [0.1, 0.15) is 0 Å². The second-order valence-corrected chi connectivity index (χ2v) is 8.95. The Hall–Kier alpha value is -2.70. The number of fused-ring (bicyclic) bond motifs is 2. The van der Waals surface area contributed by atoms with Crippen LogP contribution < -0.4 is 0 Å². The van der Waals surface area contributed by atoms with Crippen molar-refractivity contribution in [3.8, 4) is 0 Å². The number of benzene rings is 2. The SMILES string of the molecule is Cn1c(CN(CCN2CCCC2)C(=O)c2ccc3ncsc3c2)cc2ccccc21. The van der Waals surface area contributed by atoms with Crippen LogP contribution >= 0.6 is 11.3 Å². The average molecular weight is 419 g/mol. The molecule has 2 aromatic carbocycles. The number of aromatic nitrogens is 2. The fourth-order valence-electron chi connectivity index (χ4n) is 4.38. The maximum Gasteiger partial charge on any atom is 0.254 e. The van der Waals surface area contributed by atoms with Crippen LogP contribution in [0, 0.1) is 0 Å². The Morgan fingerprint density at radius 1 is 1.13 bits per heavy atom. The summed E-state index contributed by atoms with van der Waals surface area (Å²) in [4.78, 5) is 22.3. The Morgan fingerprint density at radius 3 is 2.80 bits per heavy atom. The molecule has 2 aromatic heterocycles. The lowest BCUT2D eigenvalue weighted by Crippen LogP contribution is -2.38. The van der Waals surface area contributed by atoms with E-state index in [0.29, 0.717) is 6.54 Å². The van der Waals surface area contributed by atoms with Crippen LogP contribution in [0.1, 0.15) is 28.9 Å². The molecule has 0 unspecified atom stereocenters. The van der Waals surface area contributed by atoms with E-state index in [4.69, 9.17) is 0 Å². The molecular formula is C24H26N4OS. The van der Waals surface area contributed by atoms with Crippen LogP contribution in [-0.2, 0) is 13.6 Å². The van der Waals surface area contributed by atoms with Gasteiger partial charge in [0, 0.05) is 36.9 Å². The molecular weight excluding hydrogens is 392 g/mol. The number of likely N-dealkylation sites (tertiary alicyclic amines) is 1. The van der Waals surface area contributed by atoms with Gasteiger partial charge in [0.25, 0.3) is 5.91 Å².